The molecule has 1 heterocycles. The molecule has 1 rings (SSSR count). The summed E-state index contributed by atoms with van der Waals surface area (Å²) in [6.45, 7) is 5.87. The Labute approximate surface area is 104 Å². The number of carbonyl (C=O) groups excluding carboxylic acids is 1. The van der Waals surface area contributed by atoms with Crippen LogP contribution in [0.5, 0.6) is 0 Å². The number of aromatic nitrogens is 1. The number of rotatable bonds is 2. The van der Waals surface area contributed by atoms with Gasteiger partial charge in [-0.15, -0.1) is 0 Å². The quantitative estimate of drug-likeness (QED) is 0.910. The number of amides is 1. The Morgan fingerprint density at radius 3 is 2.81 bits per heavy atom. The maximum atomic E-state index is 11.4. The van der Waals surface area contributed by atoms with Gasteiger partial charge in [0.2, 0.25) is 0 Å². The second-order valence-electron chi connectivity index (χ2n) is 4.32. The summed E-state index contributed by atoms with van der Waals surface area (Å²) in [6, 6.07) is 1.83. The Bertz CT molecular complexity index is 374. The van der Waals surface area contributed by atoms with E-state index in [0.717, 1.165) is 10.0 Å². The maximum Gasteiger partial charge on any atom is 0.407 e. The van der Waals surface area contributed by atoms with Crippen LogP contribution in [0.1, 0.15) is 26.3 Å². The van der Waals surface area contributed by atoms with Gasteiger partial charge in [0, 0.05) is 29.0 Å². The molecule has 1 N–H and O–H groups in total. The van der Waals surface area contributed by atoms with E-state index in [1.165, 1.54) is 0 Å². The molecule has 5 heteroatoms. The summed E-state index contributed by atoms with van der Waals surface area (Å²) >= 11 is 3.38. The molecular formula is C11H15BrN2O2. The molecule has 0 fully saturated rings. The first kappa shape index (κ1) is 13.0. The van der Waals surface area contributed by atoms with Gasteiger partial charge >= 0.3 is 6.09 Å². The molecule has 4 nitrogen and oxygen atoms in total. The zero-order valence-electron chi connectivity index (χ0n) is 9.58. The van der Waals surface area contributed by atoms with Crippen LogP contribution in [0, 0.1) is 0 Å². The molecule has 0 saturated heterocycles. The zero-order chi connectivity index (χ0) is 12.2. The monoisotopic (exact) mass is 286 g/mol. The van der Waals surface area contributed by atoms with E-state index in [1.807, 2.05) is 26.8 Å². The van der Waals surface area contributed by atoms with Crippen LogP contribution < -0.4 is 5.32 Å². The van der Waals surface area contributed by atoms with E-state index in [4.69, 9.17) is 4.74 Å². The fourth-order valence-electron chi connectivity index (χ4n) is 1.02. The number of hydrogen-bond acceptors (Lipinski definition) is 3. The van der Waals surface area contributed by atoms with Crippen LogP contribution in [0.25, 0.3) is 0 Å². The molecule has 1 aromatic rings. The Balaban J connectivity index is 2.47. The molecule has 0 aliphatic heterocycles. The lowest BCUT2D eigenvalue weighted by atomic mass is 10.2. The minimum Gasteiger partial charge on any atom is -0.444 e. The fourth-order valence-corrected chi connectivity index (χ4v) is 1.38. The second-order valence-corrected chi connectivity index (χ2v) is 5.18. The summed E-state index contributed by atoms with van der Waals surface area (Å²) in [5.41, 5.74) is 0.435. The van der Waals surface area contributed by atoms with Gasteiger partial charge in [0.15, 0.2) is 0 Å². The van der Waals surface area contributed by atoms with Gasteiger partial charge in [0.25, 0.3) is 0 Å². The highest BCUT2D eigenvalue weighted by atomic mass is 79.9. The first-order valence-corrected chi connectivity index (χ1v) is 5.73. The van der Waals surface area contributed by atoms with E-state index in [9.17, 15) is 4.79 Å². The van der Waals surface area contributed by atoms with Crippen LogP contribution in [0.15, 0.2) is 22.9 Å². The molecule has 0 spiro atoms. The van der Waals surface area contributed by atoms with Gasteiger partial charge in [-0.1, -0.05) is 15.9 Å². The van der Waals surface area contributed by atoms with E-state index in [-0.39, 0.29) is 0 Å². The van der Waals surface area contributed by atoms with Crippen molar-refractivity contribution in [3.05, 3.63) is 28.5 Å². The Morgan fingerprint density at radius 2 is 2.25 bits per heavy atom. The van der Waals surface area contributed by atoms with Gasteiger partial charge < -0.3 is 10.1 Å². The summed E-state index contributed by atoms with van der Waals surface area (Å²) in [7, 11) is 0. The average molecular weight is 287 g/mol. The normalized spacial score (nSPS) is 11.0. The van der Waals surface area contributed by atoms with Gasteiger partial charge in [-0.05, 0) is 26.8 Å². The number of halogens is 1. The Hall–Kier alpha value is -1.10. The van der Waals surface area contributed by atoms with E-state index < -0.39 is 11.7 Å². The molecule has 0 atom stereocenters. The molecule has 0 bridgehead atoms. The van der Waals surface area contributed by atoms with Gasteiger partial charge in [0.1, 0.15) is 5.60 Å². The lowest BCUT2D eigenvalue weighted by molar-refractivity contribution is 0.0523. The minimum atomic E-state index is -0.476. The molecule has 0 radical (unpaired) electrons. The zero-order valence-corrected chi connectivity index (χ0v) is 11.2. The average Bonchev–Trinajstić information content (AvgIpc) is 2.14. The van der Waals surface area contributed by atoms with Crippen LogP contribution in [0.4, 0.5) is 4.79 Å². The third-order valence-corrected chi connectivity index (χ3v) is 2.44. The van der Waals surface area contributed by atoms with Crippen LogP contribution in [0.3, 0.4) is 0 Å². The third kappa shape index (κ3) is 4.61. The smallest absolute Gasteiger partial charge is 0.407 e. The molecule has 1 aromatic heterocycles. The lowest BCUT2D eigenvalue weighted by Gasteiger charge is -2.19. The second kappa shape index (κ2) is 5.30. The highest BCUT2D eigenvalue weighted by Crippen LogP contribution is 2.14. The summed E-state index contributed by atoms with van der Waals surface area (Å²) in [5, 5.41) is 2.67. The van der Waals surface area contributed by atoms with E-state index in [1.54, 1.807) is 12.4 Å². The van der Waals surface area contributed by atoms with Crippen molar-refractivity contribution in [1.82, 2.24) is 10.3 Å². The number of nitrogens with zero attached hydrogens (tertiary/aromatic N) is 1. The number of nitrogens with one attached hydrogen (secondary N) is 1. The molecule has 0 unspecified atom stereocenters. The standard InChI is InChI=1S/C11H15BrN2O2/c1-11(2,3)16-10(15)14-7-8-6-13-5-4-9(8)12/h4-6H,7H2,1-3H3,(H,14,15). The highest BCUT2D eigenvalue weighted by molar-refractivity contribution is 9.10. The van der Waals surface area contributed by atoms with Crippen molar-refractivity contribution in [2.75, 3.05) is 0 Å². The highest BCUT2D eigenvalue weighted by Gasteiger charge is 2.15. The number of hydrogen-bond donors (Lipinski definition) is 1. The van der Waals surface area contributed by atoms with Crippen LogP contribution in [0.2, 0.25) is 0 Å². The van der Waals surface area contributed by atoms with Crippen molar-refractivity contribution in [2.45, 2.75) is 32.9 Å². The molecule has 1 amide bonds. The van der Waals surface area contributed by atoms with E-state index >= 15 is 0 Å². The van der Waals surface area contributed by atoms with Gasteiger partial charge in [-0.3, -0.25) is 4.98 Å². The molecule has 16 heavy (non-hydrogen) atoms. The van der Waals surface area contributed by atoms with Gasteiger partial charge in [-0.25, -0.2) is 4.79 Å². The van der Waals surface area contributed by atoms with Crippen molar-refractivity contribution in [3.8, 4) is 0 Å². The molecule has 88 valence electrons. The maximum absolute atomic E-state index is 11.4. The first-order chi connectivity index (χ1) is 7.38. The van der Waals surface area contributed by atoms with Gasteiger partial charge in [-0.2, -0.15) is 0 Å². The number of pyridine rings is 1. The predicted molar refractivity (Wildman–Crippen MR) is 65.0 cm³/mol. The van der Waals surface area contributed by atoms with Gasteiger partial charge in [0.05, 0.1) is 0 Å². The van der Waals surface area contributed by atoms with Crippen molar-refractivity contribution in [1.29, 1.82) is 0 Å². The van der Waals surface area contributed by atoms with Crippen LogP contribution in [-0.2, 0) is 11.3 Å². The van der Waals surface area contributed by atoms with Crippen LogP contribution >= 0.6 is 15.9 Å². The number of ether oxygens (including phenoxy) is 1. The van der Waals surface area contributed by atoms with Crippen LogP contribution in [-0.4, -0.2) is 16.7 Å². The lowest BCUT2D eigenvalue weighted by Crippen LogP contribution is -2.32. The van der Waals surface area contributed by atoms with E-state index in [0.29, 0.717) is 6.54 Å². The summed E-state index contributed by atoms with van der Waals surface area (Å²) in [6.07, 6.45) is 2.95. The third-order valence-electron chi connectivity index (χ3n) is 1.67. The van der Waals surface area contributed by atoms with Crippen molar-refractivity contribution in [2.24, 2.45) is 0 Å². The fraction of sp³-hybridized carbons (Fsp3) is 0.455. The molecular weight excluding hydrogens is 272 g/mol. The Morgan fingerprint density at radius 1 is 1.56 bits per heavy atom. The van der Waals surface area contributed by atoms with Crippen molar-refractivity contribution >= 4 is 22.0 Å². The topological polar surface area (TPSA) is 51.2 Å². The Kier molecular flexibility index (Phi) is 4.29. The first-order valence-electron chi connectivity index (χ1n) is 4.94. The van der Waals surface area contributed by atoms with Crippen molar-refractivity contribution < 1.29 is 9.53 Å². The predicted octanol–water partition coefficient (Wildman–Crippen LogP) is 2.87. The molecule has 0 aromatic carbocycles. The van der Waals surface area contributed by atoms with Crippen molar-refractivity contribution in [3.63, 3.8) is 0 Å². The summed E-state index contributed by atoms with van der Waals surface area (Å²) < 4.78 is 6.03. The molecule has 0 aliphatic rings. The largest absolute Gasteiger partial charge is 0.444 e. The molecule has 0 aliphatic carbocycles. The molecule has 0 saturated carbocycles. The number of carbonyl (C=O) groups is 1. The SMILES string of the molecule is CC(C)(C)OC(=O)NCc1cnccc1Br. The summed E-state index contributed by atoms with van der Waals surface area (Å²) in [4.78, 5) is 15.4. The van der Waals surface area contributed by atoms with E-state index in [2.05, 4.69) is 26.2 Å². The number of alkyl carbamates (subject to hydrolysis) is 1. The minimum absolute atomic E-state index is 0.392. The summed E-state index contributed by atoms with van der Waals surface area (Å²) in [5.74, 6) is 0.